The van der Waals surface area contributed by atoms with Crippen LogP contribution in [0.15, 0.2) is 18.2 Å². The van der Waals surface area contributed by atoms with Gasteiger partial charge in [0.2, 0.25) is 0 Å². The molecule has 1 aromatic carbocycles. The zero-order valence-corrected chi connectivity index (χ0v) is 14.0. The first kappa shape index (κ1) is 17.5. The maximum atomic E-state index is 12.8. The summed E-state index contributed by atoms with van der Waals surface area (Å²) in [4.78, 5) is 26.0. The van der Waals surface area contributed by atoms with Crippen molar-refractivity contribution in [2.45, 2.75) is 39.2 Å². The number of hydrogen-bond donors (Lipinski definition) is 1. The van der Waals surface area contributed by atoms with Gasteiger partial charge in [-0.3, -0.25) is 14.5 Å². The maximum absolute atomic E-state index is 12.8. The number of aryl methyl sites for hydroxylation is 1. The van der Waals surface area contributed by atoms with E-state index in [0.29, 0.717) is 31.5 Å². The van der Waals surface area contributed by atoms with Gasteiger partial charge in [0, 0.05) is 5.56 Å². The summed E-state index contributed by atoms with van der Waals surface area (Å²) in [5.74, 6) is -0.124. The third-order valence-corrected chi connectivity index (χ3v) is 4.69. The molecule has 0 spiro atoms. The lowest BCUT2D eigenvalue weighted by atomic mass is 9.93. The highest BCUT2D eigenvalue weighted by atomic mass is 16.5. The Bertz CT molecular complexity index is 576. The average molecular weight is 319 g/mol. The highest BCUT2D eigenvalue weighted by Gasteiger charge is 2.31. The molecule has 1 heterocycles. The van der Waals surface area contributed by atoms with Gasteiger partial charge in [-0.15, -0.1) is 0 Å². The van der Waals surface area contributed by atoms with Gasteiger partial charge in [0.1, 0.15) is 5.75 Å². The molecule has 5 nitrogen and oxygen atoms in total. The number of ketones is 1. The first-order valence-electron chi connectivity index (χ1n) is 8.13. The zero-order valence-electron chi connectivity index (χ0n) is 14.0. The average Bonchev–Trinajstić information content (AvgIpc) is 2.55. The Morgan fingerprint density at radius 1 is 1.35 bits per heavy atom. The van der Waals surface area contributed by atoms with Crippen molar-refractivity contribution in [2.75, 3.05) is 20.2 Å². The van der Waals surface area contributed by atoms with Crippen molar-refractivity contribution in [1.29, 1.82) is 0 Å². The van der Waals surface area contributed by atoms with Gasteiger partial charge in [0.25, 0.3) is 0 Å². The normalized spacial score (nSPS) is 17.7. The molecule has 1 saturated heterocycles. The Morgan fingerprint density at radius 2 is 2.00 bits per heavy atom. The number of piperidine rings is 1. The smallest absolute Gasteiger partial charge is 0.306 e. The molecule has 0 radical (unpaired) electrons. The van der Waals surface area contributed by atoms with E-state index in [9.17, 15) is 9.59 Å². The van der Waals surface area contributed by atoms with Crippen LogP contribution in [0, 0.1) is 12.8 Å². The van der Waals surface area contributed by atoms with Gasteiger partial charge in [0.15, 0.2) is 5.78 Å². The van der Waals surface area contributed by atoms with Gasteiger partial charge in [0.05, 0.1) is 19.1 Å². The summed E-state index contributed by atoms with van der Waals surface area (Å²) < 4.78 is 5.24. The van der Waals surface area contributed by atoms with Crippen LogP contribution in [0.1, 0.15) is 42.1 Å². The quantitative estimate of drug-likeness (QED) is 0.817. The molecular weight excluding hydrogens is 294 g/mol. The number of carbonyl (C=O) groups is 2. The van der Waals surface area contributed by atoms with E-state index in [2.05, 4.69) is 4.90 Å². The van der Waals surface area contributed by atoms with Crippen LogP contribution in [-0.4, -0.2) is 48.0 Å². The van der Waals surface area contributed by atoms with Crippen LogP contribution in [0.2, 0.25) is 0 Å². The lowest BCUT2D eigenvalue weighted by Crippen LogP contribution is -2.46. The van der Waals surface area contributed by atoms with E-state index in [1.165, 1.54) is 0 Å². The lowest BCUT2D eigenvalue weighted by molar-refractivity contribution is -0.143. The van der Waals surface area contributed by atoms with Crippen molar-refractivity contribution in [1.82, 2.24) is 4.90 Å². The lowest BCUT2D eigenvalue weighted by Gasteiger charge is -2.35. The van der Waals surface area contributed by atoms with E-state index in [1.54, 1.807) is 13.2 Å². The predicted octanol–water partition coefficient (Wildman–Crippen LogP) is 2.76. The monoisotopic (exact) mass is 319 g/mol. The predicted molar refractivity (Wildman–Crippen MR) is 88.1 cm³/mol. The second-order valence-electron chi connectivity index (χ2n) is 6.12. The molecular formula is C18H25NO4. The fraction of sp³-hybridized carbons (Fsp3) is 0.556. The number of benzene rings is 1. The molecule has 23 heavy (non-hydrogen) atoms. The number of ether oxygens (including phenoxy) is 1. The standard InChI is InChI=1S/C18H25NO4/c1-4-15(19-9-7-13(8-10-19)18(21)22)17(20)14-5-6-16(23-3)12(2)11-14/h5-6,11,13,15H,4,7-10H2,1-3H3,(H,21,22). The summed E-state index contributed by atoms with van der Waals surface area (Å²) in [6, 6.07) is 5.32. The van der Waals surface area contributed by atoms with Gasteiger partial charge in [-0.05, 0) is 63.0 Å². The number of rotatable bonds is 6. The molecule has 126 valence electrons. The number of aliphatic carboxylic acids is 1. The van der Waals surface area contributed by atoms with Crippen LogP contribution >= 0.6 is 0 Å². The minimum absolute atomic E-state index is 0.104. The number of carboxylic acid groups (broad SMARTS) is 1. The van der Waals surface area contributed by atoms with Crippen LogP contribution < -0.4 is 4.74 Å². The highest BCUT2D eigenvalue weighted by molar-refractivity contribution is 6.00. The van der Waals surface area contributed by atoms with Gasteiger partial charge in [-0.2, -0.15) is 0 Å². The Labute approximate surface area is 137 Å². The molecule has 5 heteroatoms. The van der Waals surface area contributed by atoms with Crippen LogP contribution in [0.4, 0.5) is 0 Å². The van der Waals surface area contributed by atoms with Crippen molar-refractivity contribution in [2.24, 2.45) is 5.92 Å². The molecule has 2 rings (SSSR count). The van der Waals surface area contributed by atoms with Crippen molar-refractivity contribution in [3.8, 4) is 5.75 Å². The number of hydrogen-bond acceptors (Lipinski definition) is 4. The number of carbonyl (C=O) groups excluding carboxylic acids is 1. The molecule has 1 unspecified atom stereocenters. The van der Waals surface area contributed by atoms with Crippen molar-refractivity contribution in [3.63, 3.8) is 0 Å². The van der Waals surface area contributed by atoms with Crippen LogP contribution in [-0.2, 0) is 4.79 Å². The first-order chi connectivity index (χ1) is 11.0. The fourth-order valence-electron chi connectivity index (χ4n) is 3.29. The van der Waals surface area contributed by atoms with Crippen molar-refractivity contribution < 1.29 is 19.4 Å². The number of nitrogens with zero attached hydrogens (tertiary/aromatic N) is 1. The number of likely N-dealkylation sites (tertiary alicyclic amines) is 1. The second-order valence-corrected chi connectivity index (χ2v) is 6.12. The zero-order chi connectivity index (χ0) is 17.0. The Balaban J connectivity index is 2.10. The topological polar surface area (TPSA) is 66.8 Å². The minimum Gasteiger partial charge on any atom is -0.496 e. The van der Waals surface area contributed by atoms with Crippen LogP contribution in [0.25, 0.3) is 0 Å². The minimum atomic E-state index is -0.727. The Hall–Kier alpha value is -1.88. The van der Waals surface area contributed by atoms with E-state index < -0.39 is 5.97 Å². The molecule has 0 saturated carbocycles. The Morgan fingerprint density at radius 3 is 2.48 bits per heavy atom. The molecule has 0 aliphatic carbocycles. The van der Waals surface area contributed by atoms with E-state index in [1.807, 2.05) is 26.0 Å². The van der Waals surface area contributed by atoms with Crippen molar-refractivity contribution >= 4 is 11.8 Å². The number of carboxylic acids is 1. The largest absolute Gasteiger partial charge is 0.496 e. The fourth-order valence-corrected chi connectivity index (χ4v) is 3.29. The van der Waals surface area contributed by atoms with Crippen LogP contribution in [0.5, 0.6) is 5.75 Å². The summed E-state index contributed by atoms with van der Waals surface area (Å²) in [7, 11) is 1.62. The summed E-state index contributed by atoms with van der Waals surface area (Å²) in [5, 5.41) is 9.09. The molecule has 1 atom stereocenters. The third-order valence-electron chi connectivity index (χ3n) is 4.69. The van der Waals surface area contributed by atoms with Gasteiger partial charge < -0.3 is 9.84 Å². The van der Waals surface area contributed by atoms with E-state index in [0.717, 1.165) is 17.7 Å². The highest BCUT2D eigenvalue weighted by Crippen LogP contribution is 2.24. The van der Waals surface area contributed by atoms with E-state index in [-0.39, 0.29) is 17.7 Å². The summed E-state index contributed by atoms with van der Waals surface area (Å²) >= 11 is 0. The van der Waals surface area contributed by atoms with Gasteiger partial charge >= 0.3 is 5.97 Å². The molecule has 1 aliphatic heterocycles. The molecule has 0 bridgehead atoms. The van der Waals surface area contributed by atoms with E-state index >= 15 is 0 Å². The first-order valence-corrected chi connectivity index (χ1v) is 8.13. The van der Waals surface area contributed by atoms with Crippen LogP contribution in [0.3, 0.4) is 0 Å². The summed E-state index contributed by atoms with van der Waals surface area (Å²) in [5.41, 5.74) is 1.63. The summed E-state index contributed by atoms with van der Waals surface area (Å²) in [6.45, 7) is 5.25. The molecule has 1 fully saturated rings. The third kappa shape index (κ3) is 3.91. The second kappa shape index (κ2) is 7.59. The number of Topliss-reactive ketones (excluding diaryl/α,β-unsaturated/α-hetero) is 1. The maximum Gasteiger partial charge on any atom is 0.306 e. The number of methoxy groups -OCH3 is 1. The van der Waals surface area contributed by atoms with E-state index in [4.69, 9.17) is 9.84 Å². The summed E-state index contributed by atoms with van der Waals surface area (Å²) in [6.07, 6.45) is 1.95. The molecule has 0 amide bonds. The van der Waals surface area contributed by atoms with Crippen molar-refractivity contribution in [3.05, 3.63) is 29.3 Å². The Kier molecular flexibility index (Phi) is 5.77. The molecule has 1 aliphatic rings. The molecule has 1 aromatic rings. The van der Waals surface area contributed by atoms with Gasteiger partial charge in [-0.25, -0.2) is 0 Å². The molecule has 1 N–H and O–H groups in total. The SMILES string of the molecule is CCC(C(=O)c1ccc(OC)c(C)c1)N1CCC(C(=O)O)CC1. The van der Waals surface area contributed by atoms with Gasteiger partial charge in [-0.1, -0.05) is 6.92 Å². The molecule has 0 aromatic heterocycles.